The molecule has 2 atom stereocenters. The Hall–Kier alpha value is -2.47. The number of H-pyrrole nitrogens is 1. The Kier molecular flexibility index (Phi) is 3.92. The van der Waals surface area contributed by atoms with Gasteiger partial charge in [0.15, 0.2) is 5.69 Å². The van der Waals surface area contributed by atoms with Crippen LogP contribution in [0.5, 0.6) is 5.88 Å². The van der Waals surface area contributed by atoms with Crippen LogP contribution in [0.25, 0.3) is 10.9 Å². The number of benzene rings is 2. The Morgan fingerprint density at radius 3 is 2.80 bits per heavy atom. The summed E-state index contributed by atoms with van der Waals surface area (Å²) in [5, 5.41) is 18.7. The Balaban J connectivity index is 1.56. The van der Waals surface area contributed by atoms with Gasteiger partial charge >= 0.3 is 0 Å². The fourth-order valence-corrected chi connectivity index (χ4v) is 3.45. The van der Waals surface area contributed by atoms with Gasteiger partial charge in [-0.2, -0.15) is 0 Å². The van der Waals surface area contributed by atoms with E-state index in [1.54, 1.807) is 0 Å². The summed E-state index contributed by atoms with van der Waals surface area (Å²) in [5.74, 6) is -0.215. The summed E-state index contributed by atoms with van der Waals surface area (Å²) < 4.78 is 0.935. The van der Waals surface area contributed by atoms with Crippen LogP contribution in [0.4, 0.5) is 5.69 Å². The molecule has 5 nitrogen and oxygen atoms in total. The van der Waals surface area contributed by atoms with E-state index in [1.165, 1.54) is 0 Å². The van der Waals surface area contributed by atoms with Crippen molar-refractivity contribution in [3.63, 3.8) is 0 Å². The van der Waals surface area contributed by atoms with E-state index in [1.807, 2.05) is 49.4 Å². The maximum Gasteiger partial charge on any atom is 0.268 e. The topological polar surface area (TPSA) is 77.8 Å². The monoisotopic (exact) mass is 397 g/mol. The van der Waals surface area contributed by atoms with E-state index < -0.39 is 0 Å². The second-order valence-electron chi connectivity index (χ2n) is 6.37. The summed E-state index contributed by atoms with van der Waals surface area (Å²) in [6.07, 6.45) is 0.799. The van der Waals surface area contributed by atoms with Crippen molar-refractivity contribution >= 4 is 38.4 Å². The van der Waals surface area contributed by atoms with Gasteiger partial charge in [-0.15, -0.1) is 10.2 Å². The molecule has 0 unspecified atom stereocenters. The number of aromatic hydroxyl groups is 1. The number of azo groups is 1. The number of hydrogen-bond acceptors (Lipinski definition) is 3. The van der Waals surface area contributed by atoms with Gasteiger partial charge in [-0.3, -0.25) is 4.79 Å². The average molecular weight is 398 g/mol. The molecule has 0 bridgehead atoms. The van der Waals surface area contributed by atoms with Crippen molar-refractivity contribution in [2.75, 3.05) is 0 Å². The quantitative estimate of drug-likeness (QED) is 0.583. The van der Waals surface area contributed by atoms with Gasteiger partial charge in [0.05, 0.1) is 5.52 Å². The predicted octanol–water partition coefficient (Wildman–Crippen LogP) is 5.36. The lowest BCUT2D eigenvalue weighted by Gasteiger charge is -1.98. The van der Waals surface area contributed by atoms with Crippen LogP contribution >= 0.6 is 15.9 Å². The normalized spacial score (nSPS) is 19.6. The molecular weight excluding hydrogens is 382 g/mol. The molecule has 0 saturated heterocycles. The van der Waals surface area contributed by atoms with Gasteiger partial charge in [0.25, 0.3) is 5.91 Å². The van der Waals surface area contributed by atoms with E-state index in [2.05, 4.69) is 31.1 Å². The van der Waals surface area contributed by atoms with E-state index in [9.17, 15) is 9.90 Å². The van der Waals surface area contributed by atoms with Gasteiger partial charge in [-0.05, 0) is 42.5 Å². The molecule has 1 aromatic heterocycles. The van der Waals surface area contributed by atoms with Gasteiger partial charge in [0, 0.05) is 15.8 Å². The molecule has 4 rings (SSSR count). The highest BCUT2D eigenvalue weighted by Gasteiger charge is 2.44. The van der Waals surface area contributed by atoms with Crippen molar-refractivity contribution in [1.29, 1.82) is 0 Å². The number of aromatic nitrogens is 1. The number of aromatic amines is 1. The number of hydrogen-bond donors (Lipinski definition) is 2. The molecule has 2 N–H and O–H groups in total. The molecule has 1 fully saturated rings. The number of nitrogens with one attached hydrogen (secondary N) is 1. The predicted molar refractivity (Wildman–Crippen MR) is 99.2 cm³/mol. The second kappa shape index (κ2) is 6.11. The van der Waals surface area contributed by atoms with Crippen molar-refractivity contribution in [2.24, 2.45) is 16.1 Å². The molecule has 1 amide bonds. The minimum absolute atomic E-state index is 0.0838. The molecule has 1 aliphatic rings. The fraction of sp³-hybridized carbons (Fsp3) is 0.211. The van der Waals surface area contributed by atoms with Crippen LogP contribution in [-0.4, -0.2) is 16.0 Å². The molecule has 0 aliphatic heterocycles. The van der Waals surface area contributed by atoms with Crippen LogP contribution in [0.15, 0.2) is 57.2 Å². The number of nitrogens with zero attached hydrogens (tertiary/aromatic N) is 2. The maximum atomic E-state index is 12.3. The molecule has 0 spiro atoms. The van der Waals surface area contributed by atoms with Gasteiger partial charge < -0.3 is 10.1 Å². The largest absolute Gasteiger partial charge is 0.493 e. The van der Waals surface area contributed by atoms with E-state index in [4.69, 9.17) is 0 Å². The van der Waals surface area contributed by atoms with Crippen molar-refractivity contribution in [3.8, 4) is 5.88 Å². The van der Waals surface area contributed by atoms with Crippen LogP contribution < -0.4 is 0 Å². The molecular formula is C19H16BrN3O2. The number of rotatable bonds is 3. The van der Waals surface area contributed by atoms with Crippen molar-refractivity contribution in [2.45, 2.75) is 19.3 Å². The number of amides is 1. The zero-order valence-corrected chi connectivity index (χ0v) is 15.1. The summed E-state index contributed by atoms with van der Waals surface area (Å²) in [5.41, 5.74) is 3.22. The smallest absolute Gasteiger partial charge is 0.268 e. The van der Waals surface area contributed by atoms with Crippen LogP contribution in [0.3, 0.4) is 0 Å². The average Bonchev–Trinajstić information content (AvgIpc) is 3.35. The van der Waals surface area contributed by atoms with Gasteiger partial charge in [0.2, 0.25) is 5.88 Å². The van der Waals surface area contributed by atoms with Gasteiger partial charge in [-0.25, -0.2) is 0 Å². The second-order valence-corrected chi connectivity index (χ2v) is 7.22. The van der Waals surface area contributed by atoms with E-state index in [-0.39, 0.29) is 23.6 Å². The summed E-state index contributed by atoms with van der Waals surface area (Å²) in [4.78, 5) is 15.2. The maximum absolute atomic E-state index is 12.3. The Labute approximate surface area is 152 Å². The molecule has 2 aromatic carbocycles. The summed E-state index contributed by atoms with van der Waals surface area (Å²) in [6.45, 7) is 1.95. The molecule has 126 valence electrons. The molecule has 3 aromatic rings. The molecule has 0 radical (unpaired) electrons. The van der Waals surface area contributed by atoms with Crippen molar-refractivity contribution in [3.05, 3.63) is 58.1 Å². The lowest BCUT2D eigenvalue weighted by molar-refractivity contribution is -0.119. The molecule has 6 heteroatoms. The molecule has 1 saturated carbocycles. The van der Waals surface area contributed by atoms with Crippen molar-refractivity contribution in [1.82, 2.24) is 4.98 Å². The first-order chi connectivity index (χ1) is 12.0. The number of carbonyl (C=O) groups is 1. The van der Waals surface area contributed by atoms with Crippen LogP contribution in [0.1, 0.15) is 23.5 Å². The Morgan fingerprint density at radius 1 is 1.28 bits per heavy atom. The summed E-state index contributed by atoms with van der Waals surface area (Å²) >= 11 is 3.46. The summed E-state index contributed by atoms with van der Waals surface area (Å²) in [6, 6.07) is 13.7. The lowest BCUT2D eigenvalue weighted by Crippen LogP contribution is -1.96. The SMILES string of the molecule is Cc1cc2c(N=NC(=O)[C@@H]3C[C@@H]3c3ccccc3)c(O)[nH]c2cc1Br. The third kappa shape index (κ3) is 2.98. The zero-order valence-electron chi connectivity index (χ0n) is 13.5. The minimum atomic E-state index is -0.239. The first-order valence-electron chi connectivity index (χ1n) is 8.06. The number of halogens is 1. The standard InChI is InChI=1S/C19H16BrN3O2/c1-10-7-14-16(9-15(10)20)21-19(25)17(14)22-23-18(24)13-8-12(13)11-5-3-2-4-6-11/h2-7,9,12-13,21,25H,8H2,1H3/t12-,13-/m1/s1. The molecule has 1 heterocycles. The highest BCUT2D eigenvalue weighted by molar-refractivity contribution is 9.10. The highest BCUT2D eigenvalue weighted by Crippen LogP contribution is 2.48. The van der Waals surface area contributed by atoms with Gasteiger partial charge in [0.1, 0.15) is 0 Å². The van der Waals surface area contributed by atoms with Crippen molar-refractivity contribution < 1.29 is 9.90 Å². The highest BCUT2D eigenvalue weighted by atomic mass is 79.9. The number of fused-ring (bicyclic) bond motifs is 1. The van der Waals surface area contributed by atoms with Crippen LogP contribution in [-0.2, 0) is 4.79 Å². The lowest BCUT2D eigenvalue weighted by atomic mass is 10.1. The van der Waals surface area contributed by atoms with Crippen LogP contribution in [0.2, 0.25) is 0 Å². The van der Waals surface area contributed by atoms with Crippen LogP contribution in [0, 0.1) is 12.8 Å². The third-order valence-corrected chi connectivity index (χ3v) is 5.47. The fourth-order valence-electron chi connectivity index (χ4n) is 3.11. The Morgan fingerprint density at radius 2 is 2.04 bits per heavy atom. The van der Waals surface area contributed by atoms with Gasteiger partial charge in [-0.1, -0.05) is 46.3 Å². The Bertz CT molecular complexity index is 995. The van der Waals surface area contributed by atoms with E-state index in [0.717, 1.165) is 32.9 Å². The first-order valence-corrected chi connectivity index (χ1v) is 8.85. The number of carbonyl (C=O) groups excluding carboxylic acids is 1. The molecule has 1 aliphatic carbocycles. The minimum Gasteiger partial charge on any atom is -0.493 e. The number of aryl methyl sites for hydroxylation is 1. The van der Waals surface area contributed by atoms with E-state index >= 15 is 0 Å². The molecule has 25 heavy (non-hydrogen) atoms. The first kappa shape index (κ1) is 16.0. The third-order valence-electron chi connectivity index (χ3n) is 4.62. The zero-order chi connectivity index (χ0) is 17.6. The van der Waals surface area contributed by atoms with E-state index in [0.29, 0.717) is 5.69 Å². The summed E-state index contributed by atoms with van der Waals surface area (Å²) in [7, 11) is 0.